The summed E-state index contributed by atoms with van der Waals surface area (Å²) < 4.78 is 38.0. The molecule has 1 aliphatic rings. The van der Waals surface area contributed by atoms with Crippen LogP contribution in [0.2, 0.25) is 0 Å². The van der Waals surface area contributed by atoms with Gasteiger partial charge < -0.3 is 9.26 Å². The third kappa shape index (κ3) is 6.24. The van der Waals surface area contributed by atoms with E-state index in [0.717, 1.165) is 37.6 Å². The van der Waals surface area contributed by atoms with Gasteiger partial charge in [0.25, 0.3) is 11.8 Å². The molecule has 1 saturated heterocycles. The van der Waals surface area contributed by atoms with E-state index in [2.05, 4.69) is 15.0 Å². The molecule has 1 aromatic heterocycles. The molecule has 8 nitrogen and oxygen atoms in total. The molecular weight excluding hydrogens is 446 g/mol. The summed E-state index contributed by atoms with van der Waals surface area (Å²) in [5.41, 5.74) is 2.78. The van der Waals surface area contributed by atoms with Crippen molar-refractivity contribution < 1.29 is 28.0 Å². The predicted octanol–water partition coefficient (Wildman–Crippen LogP) is 3.83. The Kier molecular flexibility index (Phi) is 7.61. The number of nitrogens with one attached hydrogen (secondary N) is 1. The minimum absolute atomic E-state index is 0.123. The molecule has 0 atom stereocenters. The van der Waals surface area contributed by atoms with E-state index in [1.165, 1.54) is 23.7 Å². The number of carbonyl (C=O) groups excluding carboxylic acids is 1. The zero-order chi connectivity index (χ0) is 23.9. The van der Waals surface area contributed by atoms with Gasteiger partial charge in [-0.3, -0.25) is 14.9 Å². The topological polar surface area (TPSA) is 101 Å². The largest absolute Gasteiger partial charge is 0.484 e. The minimum Gasteiger partial charge on any atom is -0.484 e. The quantitative estimate of drug-likeness (QED) is 0.293. The molecule has 2 aromatic carbocycles. The molecule has 0 saturated carbocycles. The molecule has 2 N–H and O–H groups in total. The van der Waals surface area contributed by atoms with E-state index in [9.17, 15) is 13.6 Å². The van der Waals surface area contributed by atoms with Gasteiger partial charge in [-0.05, 0) is 55.8 Å². The van der Waals surface area contributed by atoms with E-state index in [1.807, 2.05) is 0 Å². The van der Waals surface area contributed by atoms with Crippen molar-refractivity contribution in [2.24, 2.45) is 0 Å². The smallest absolute Gasteiger partial charge is 0.267 e. The number of carbonyl (C=O) groups is 1. The highest BCUT2D eigenvalue weighted by Crippen LogP contribution is 2.27. The van der Waals surface area contributed by atoms with Gasteiger partial charge in [0.15, 0.2) is 12.4 Å². The maximum Gasteiger partial charge on any atom is 0.267 e. The molecule has 34 heavy (non-hydrogen) atoms. The van der Waals surface area contributed by atoms with Crippen LogP contribution in [0.3, 0.4) is 0 Å². The molecule has 1 fully saturated rings. The second-order valence-corrected chi connectivity index (χ2v) is 8.00. The molecule has 0 radical (unpaired) electrons. The summed E-state index contributed by atoms with van der Waals surface area (Å²) in [6.45, 7) is 2.07. The van der Waals surface area contributed by atoms with Crippen LogP contribution in [0, 0.1) is 11.6 Å². The van der Waals surface area contributed by atoms with E-state index < -0.39 is 17.5 Å². The number of piperidine rings is 1. The van der Waals surface area contributed by atoms with E-state index in [0.29, 0.717) is 29.6 Å². The van der Waals surface area contributed by atoms with Crippen molar-refractivity contribution in [3.05, 3.63) is 83.0 Å². The summed E-state index contributed by atoms with van der Waals surface area (Å²) >= 11 is 0. The predicted molar refractivity (Wildman–Crippen MR) is 118 cm³/mol. The second kappa shape index (κ2) is 11.0. The summed E-state index contributed by atoms with van der Waals surface area (Å²) in [6, 6.07) is 10.7. The Morgan fingerprint density at radius 3 is 2.68 bits per heavy atom. The van der Waals surface area contributed by atoms with E-state index in [1.54, 1.807) is 30.3 Å². The van der Waals surface area contributed by atoms with Gasteiger partial charge in [0.05, 0.1) is 0 Å². The van der Waals surface area contributed by atoms with Gasteiger partial charge in [0, 0.05) is 30.2 Å². The number of aromatic nitrogens is 2. The maximum atomic E-state index is 13.9. The lowest BCUT2D eigenvalue weighted by atomic mass is 9.96. The summed E-state index contributed by atoms with van der Waals surface area (Å²) in [5.74, 6) is 0.0444. The van der Waals surface area contributed by atoms with Crippen LogP contribution in [0.1, 0.15) is 41.6 Å². The van der Waals surface area contributed by atoms with Crippen LogP contribution in [0.5, 0.6) is 5.75 Å². The van der Waals surface area contributed by atoms with E-state index >= 15 is 0 Å². The number of hydrogen-bond acceptors (Lipinski definition) is 7. The summed E-state index contributed by atoms with van der Waals surface area (Å²) in [4.78, 5) is 17.6. The number of ether oxygens (including phenoxy) is 1. The summed E-state index contributed by atoms with van der Waals surface area (Å²) in [6.07, 6.45) is 4.39. The highest BCUT2D eigenvalue weighted by atomic mass is 19.1. The summed E-state index contributed by atoms with van der Waals surface area (Å²) in [5, 5.41) is 12.6. The zero-order valence-electron chi connectivity index (χ0n) is 18.3. The monoisotopic (exact) mass is 470 g/mol. The molecular formula is C24H24F2N4O4. The fourth-order valence-corrected chi connectivity index (χ4v) is 3.76. The first kappa shape index (κ1) is 23.5. The first-order valence-electron chi connectivity index (χ1n) is 10.8. The van der Waals surface area contributed by atoms with E-state index in [4.69, 9.17) is 14.5 Å². The molecule has 3 aromatic rings. The van der Waals surface area contributed by atoms with Crippen molar-refractivity contribution in [2.75, 3.05) is 13.1 Å². The van der Waals surface area contributed by atoms with Gasteiger partial charge >= 0.3 is 0 Å². The van der Waals surface area contributed by atoms with Crippen molar-refractivity contribution >= 4 is 12.0 Å². The van der Waals surface area contributed by atoms with Crippen LogP contribution in [0.15, 0.2) is 53.1 Å². The van der Waals surface area contributed by atoms with Crippen molar-refractivity contribution in [2.45, 2.75) is 31.9 Å². The first-order valence-corrected chi connectivity index (χ1v) is 10.8. The van der Waals surface area contributed by atoms with E-state index in [-0.39, 0.29) is 12.5 Å². The SMILES string of the molecule is O=C(C=Cc1ccc(OCc2nc(C3CCN(Cc4ccc(F)cc4F)CC3)no2)cc1)NO. The number of amides is 1. The average Bonchev–Trinajstić information content (AvgIpc) is 3.33. The molecule has 0 unspecified atom stereocenters. The molecule has 1 aliphatic heterocycles. The number of benzene rings is 2. The Morgan fingerprint density at radius 2 is 1.97 bits per heavy atom. The Bertz CT molecular complexity index is 1140. The lowest BCUT2D eigenvalue weighted by molar-refractivity contribution is -0.124. The Balaban J connectivity index is 1.24. The van der Waals surface area contributed by atoms with Gasteiger partial charge in [-0.25, -0.2) is 14.3 Å². The van der Waals surface area contributed by atoms with Crippen molar-refractivity contribution in [3.8, 4) is 5.75 Å². The molecule has 2 heterocycles. The Labute approximate surface area is 194 Å². The van der Waals surface area contributed by atoms with Crippen molar-refractivity contribution in [3.63, 3.8) is 0 Å². The fraction of sp³-hybridized carbons (Fsp3) is 0.292. The zero-order valence-corrected chi connectivity index (χ0v) is 18.3. The second-order valence-electron chi connectivity index (χ2n) is 8.00. The van der Waals surface area contributed by atoms with Crippen LogP contribution in [0.25, 0.3) is 6.08 Å². The van der Waals surface area contributed by atoms with Gasteiger partial charge in [0.1, 0.15) is 17.4 Å². The maximum absolute atomic E-state index is 13.9. The standard InChI is InChI=1S/C24H24F2N4O4/c25-19-5-4-18(21(26)13-19)14-30-11-9-17(10-12-30)24-27-23(34-29-24)15-33-20-6-1-16(2-7-20)3-8-22(31)28-32/h1-8,13,17,32H,9-12,14-15H2,(H,28,31). The molecule has 4 rings (SSSR count). The van der Waals surface area contributed by atoms with Crippen LogP contribution in [-0.4, -0.2) is 39.2 Å². The molecule has 178 valence electrons. The van der Waals surface area contributed by atoms with Gasteiger partial charge in [0.2, 0.25) is 0 Å². The molecule has 0 aliphatic carbocycles. The molecule has 0 spiro atoms. The van der Waals surface area contributed by atoms with Gasteiger partial charge in [-0.15, -0.1) is 0 Å². The van der Waals surface area contributed by atoms with Crippen LogP contribution in [-0.2, 0) is 17.9 Å². The number of rotatable bonds is 8. The van der Waals surface area contributed by atoms with Crippen molar-refractivity contribution in [1.29, 1.82) is 0 Å². The van der Waals surface area contributed by atoms with Crippen molar-refractivity contribution in [1.82, 2.24) is 20.5 Å². The lowest BCUT2D eigenvalue weighted by Crippen LogP contribution is -2.33. The number of halogens is 2. The third-order valence-electron chi connectivity index (χ3n) is 5.63. The fourth-order valence-electron chi connectivity index (χ4n) is 3.76. The number of hydroxylamine groups is 1. The number of nitrogens with zero attached hydrogens (tertiary/aromatic N) is 3. The van der Waals surface area contributed by atoms with Gasteiger partial charge in [-0.2, -0.15) is 4.98 Å². The molecule has 1 amide bonds. The molecule has 10 heteroatoms. The lowest BCUT2D eigenvalue weighted by Gasteiger charge is -2.30. The number of likely N-dealkylation sites (tertiary alicyclic amines) is 1. The first-order chi connectivity index (χ1) is 16.5. The minimum atomic E-state index is -0.611. The molecule has 0 bridgehead atoms. The third-order valence-corrected chi connectivity index (χ3v) is 5.63. The van der Waals surface area contributed by atoms with Crippen LogP contribution in [0.4, 0.5) is 8.78 Å². The summed E-state index contributed by atoms with van der Waals surface area (Å²) in [7, 11) is 0. The van der Waals surface area contributed by atoms with Gasteiger partial charge in [-0.1, -0.05) is 23.4 Å². The average molecular weight is 470 g/mol. The van der Waals surface area contributed by atoms with Crippen LogP contribution >= 0.6 is 0 Å². The Morgan fingerprint density at radius 1 is 1.21 bits per heavy atom. The highest BCUT2D eigenvalue weighted by molar-refractivity contribution is 5.90. The number of hydrogen-bond donors (Lipinski definition) is 2. The van der Waals surface area contributed by atoms with Crippen LogP contribution < -0.4 is 10.2 Å². The Hall–Kier alpha value is -3.63. The highest BCUT2D eigenvalue weighted by Gasteiger charge is 2.25. The normalized spacial score (nSPS) is 15.0.